The van der Waals surface area contributed by atoms with Crippen LogP contribution < -0.4 is 15.8 Å². The summed E-state index contributed by atoms with van der Waals surface area (Å²) in [6.07, 6.45) is 0.493. The van der Waals surface area contributed by atoms with Crippen LogP contribution >= 0.6 is 0 Å². The first-order valence-corrected chi connectivity index (χ1v) is 9.69. The van der Waals surface area contributed by atoms with Gasteiger partial charge in [-0.1, -0.05) is 6.07 Å². The minimum Gasteiger partial charge on any atom is -0.426 e. The Morgan fingerprint density at radius 1 is 1.20 bits per heavy atom. The van der Waals surface area contributed by atoms with E-state index >= 15 is 0 Å². The summed E-state index contributed by atoms with van der Waals surface area (Å²) in [5.41, 5.74) is 7.35. The van der Waals surface area contributed by atoms with Crippen LogP contribution in [-0.4, -0.2) is 33.1 Å². The molecule has 3 rings (SSSR count). The lowest BCUT2D eigenvalue weighted by Gasteiger charge is -2.16. The number of ether oxygens (including phenoxy) is 1. The van der Waals surface area contributed by atoms with Gasteiger partial charge in [-0.15, -0.1) is 0 Å². The molecule has 0 saturated carbocycles. The van der Waals surface area contributed by atoms with Crippen molar-refractivity contribution in [2.75, 3.05) is 17.7 Å². The molecule has 0 atom stereocenters. The third-order valence-electron chi connectivity index (χ3n) is 4.46. The minimum atomic E-state index is -0.633. The molecular weight excluding hydrogens is 384 g/mol. The van der Waals surface area contributed by atoms with Gasteiger partial charge in [-0.3, -0.25) is 14.9 Å². The number of hydrogen-bond acceptors (Lipinski definition) is 6. The second-order valence-corrected chi connectivity index (χ2v) is 8.03. The van der Waals surface area contributed by atoms with Crippen LogP contribution in [0.2, 0.25) is 0 Å². The van der Waals surface area contributed by atoms with E-state index in [1.807, 2.05) is 4.57 Å². The Morgan fingerprint density at radius 3 is 2.63 bits per heavy atom. The number of nitrogens with two attached hydrogens (primary N) is 1. The van der Waals surface area contributed by atoms with Crippen LogP contribution in [0.1, 0.15) is 37.6 Å². The molecule has 0 spiro atoms. The highest BCUT2D eigenvalue weighted by Crippen LogP contribution is 2.27. The van der Waals surface area contributed by atoms with Gasteiger partial charge in [0.2, 0.25) is 5.95 Å². The summed E-state index contributed by atoms with van der Waals surface area (Å²) in [5, 5.41) is 12.1. The molecule has 0 fully saturated rings. The van der Waals surface area contributed by atoms with Crippen LogP contribution in [0, 0.1) is 5.41 Å². The number of rotatable bonds is 6. The molecule has 8 nitrogen and oxygen atoms in total. The van der Waals surface area contributed by atoms with Crippen molar-refractivity contribution in [2.24, 2.45) is 5.41 Å². The van der Waals surface area contributed by atoms with E-state index in [-0.39, 0.29) is 18.5 Å². The maximum atomic E-state index is 12.7. The number of nitrogen functional groups attached to an aromatic ring is 1. The van der Waals surface area contributed by atoms with Gasteiger partial charge in [0, 0.05) is 30.5 Å². The van der Waals surface area contributed by atoms with Crippen LogP contribution in [0.4, 0.5) is 11.6 Å². The number of imidazole rings is 1. The summed E-state index contributed by atoms with van der Waals surface area (Å²) in [7, 11) is 0. The maximum absolute atomic E-state index is 12.7. The molecule has 3 aromatic rings. The highest BCUT2D eigenvalue weighted by atomic mass is 16.5. The molecular formula is C22H26N4O4. The van der Waals surface area contributed by atoms with E-state index < -0.39 is 5.41 Å². The smallest absolute Gasteiger partial charge is 0.316 e. The van der Waals surface area contributed by atoms with Gasteiger partial charge in [0.25, 0.3) is 5.91 Å². The Kier molecular flexibility index (Phi) is 6.07. The van der Waals surface area contributed by atoms with E-state index in [0.717, 1.165) is 5.52 Å². The summed E-state index contributed by atoms with van der Waals surface area (Å²) in [5.74, 6) is 0.0205. The second-order valence-electron chi connectivity index (χ2n) is 8.03. The Hall–Kier alpha value is -3.39. The Labute approximate surface area is 174 Å². The van der Waals surface area contributed by atoms with Gasteiger partial charge < -0.3 is 20.1 Å². The number of carbonyl (C=O) groups excluding carboxylic acids is 2. The molecule has 0 aliphatic heterocycles. The molecule has 8 heteroatoms. The number of hydrogen-bond donors (Lipinski definition) is 3. The fourth-order valence-electron chi connectivity index (χ4n) is 2.84. The van der Waals surface area contributed by atoms with E-state index in [1.54, 1.807) is 63.2 Å². The van der Waals surface area contributed by atoms with Crippen molar-refractivity contribution in [2.45, 2.75) is 33.7 Å². The van der Waals surface area contributed by atoms with Gasteiger partial charge in [-0.2, -0.15) is 0 Å². The Morgan fingerprint density at radius 2 is 1.97 bits per heavy atom. The molecule has 0 unspecified atom stereocenters. The first-order chi connectivity index (χ1) is 14.2. The highest BCUT2D eigenvalue weighted by Gasteiger charge is 2.24. The molecule has 158 valence electrons. The van der Waals surface area contributed by atoms with E-state index in [4.69, 9.17) is 10.5 Å². The molecule has 4 N–H and O–H groups in total. The lowest BCUT2D eigenvalue weighted by molar-refractivity contribution is -0.142. The molecule has 0 aliphatic carbocycles. The molecule has 0 saturated heterocycles. The van der Waals surface area contributed by atoms with Crippen molar-refractivity contribution < 1.29 is 19.4 Å². The highest BCUT2D eigenvalue weighted by molar-refractivity contribution is 6.04. The molecule has 1 amide bonds. The molecule has 0 aliphatic rings. The summed E-state index contributed by atoms with van der Waals surface area (Å²) in [6, 6.07) is 11.8. The molecule has 1 aromatic heterocycles. The average Bonchev–Trinajstić information content (AvgIpc) is 3.01. The van der Waals surface area contributed by atoms with E-state index in [1.165, 1.54) is 0 Å². The molecule has 30 heavy (non-hydrogen) atoms. The van der Waals surface area contributed by atoms with Crippen LogP contribution in [0.15, 0.2) is 42.5 Å². The number of aliphatic hydroxyl groups is 1. The number of fused-ring (bicyclic) bond motifs is 1. The van der Waals surface area contributed by atoms with Gasteiger partial charge in [0.15, 0.2) is 0 Å². The average molecular weight is 410 g/mol. The predicted molar refractivity (Wildman–Crippen MR) is 115 cm³/mol. The SMILES string of the molecule is CC(C)(C)C(=O)Oc1ccc2c(c1)nc(NC(=O)c1cccc(N)c1)n2CCCO. The number of aliphatic hydroxyl groups excluding tert-OH is 1. The van der Waals surface area contributed by atoms with Crippen molar-refractivity contribution in [1.29, 1.82) is 0 Å². The monoisotopic (exact) mass is 410 g/mol. The zero-order chi connectivity index (χ0) is 21.9. The third-order valence-corrected chi connectivity index (χ3v) is 4.46. The van der Waals surface area contributed by atoms with Gasteiger partial charge in [-0.05, 0) is 57.5 Å². The van der Waals surface area contributed by atoms with Crippen LogP contribution in [0.25, 0.3) is 11.0 Å². The van der Waals surface area contributed by atoms with Gasteiger partial charge in [0.1, 0.15) is 5.75 Å². The lowest BCUT2D eigenvalue weighted by atomic mass is 9.97. The van der Waals surface area contributed by atoms with E-state index in [0.29, 0.717) is 41.4 Å². The molecule has 0 radical (unpaired) electrons. The van der Waals surface area contributed by atoms with Crippen molar-refractivity contribution in [3.05, 3.63) is 48.0 Å². The first-order valence-electron chi connectivity index (χ1n) is 9.69. The topological polar surface area (TPSA) is 119 Å². The van der Waals surface area contributed by atoms with Crippen molar-refractivity contribution in [3.63, 3.8) is 0 Å². The largest absolute Gasteiger partial charge is 0.426 e. The summed E-state index contributed by atoms with van der Waals surface area (Å²) in [4.78, 5) is 29.3. The molecule has 1 heterocycles. The van der Waals surface area contributed by atoms with Crippen LogP contribution in [-0.2, 0) is 11.3 Å². The van der Waals surface area contributed by atoms with Crippen molar-refractivity contribution in [1.82, 2.24) is 9.55 Å². The van der Waals surface area contributed by atoms with E-state index in [2.05, 4.69) is 10.3 Å². The predicted octanol–water partition coefficient (Wildman–Crippen LogP) is 3.20. The Balaban J connectivity index is 1.94. The normalized spacial score (nSPS) is 11.5. The summed E-state index contributed by atoms with van der Waals surface area (Å²) >= 11 is 0. The minimum absolute atomic E-state index is 0.00353. The number of amides is 1. The van der Waals surface area contributed by atoms with Crippen LogP contribution in [0.5, 0.6) is 5.75 Å². The zero-order valence-corrected chi connectivity index (χ0v) is 17.3. The van der Waals surface area contributed by atoms with Gasteiger partial charge in [0.05, 0.1) is 16.4 Å². The quantitative estimate of drug-likeness (QED) is 0.326. The summed E-state index contributed by atoms with van der Waals surface area (Å²) in [6.45, 7) is 5.80. The standard InChI is InChI=1S/C22H26N4O4/c1-22(2,3)20(29)30-16-8-9-18-17(13-16)24-21(26(18)10-5-11-27)25-19(28)14-6-4-7-15(23)12-14/h4,6-9,12-13,27H,5,10-11,23H2,1-3H3,(H,24,25,28). The number of esters is 1. The molecule has 0 bridgehead atoms. The van der Waals surface area contributed by atoms with Gasteiger partial charge >= 0.3 is 5.97 Å². The second kappa shape index (κ2) is 8.54. The lowest BCUT2D eigenvalue weighted by Crippen LogP contribution is -2.25. The maximum Gasteiger partial charge on any atom is 0.316 e. The van der Waals surface area contributed by atoms with E-state index in [9.17, 15) is 14.7 Å². The number of anilines is 2. The number of nitrogens with one attached hydrogen (secondary N) is 1. The van der Waals surface area contributed by atoms with Crippen molar-refractivity contribution >= 4 is 34.5 Å². The fraction of sp³-hybridized carbons (Fsp3) is 0.318. The number of nitrogens with zero attached hydrogens (tertiary/aromatic N) is 2. The van der Waals surface area contributed by atoms with Crippen LogP contribution in [0.3, 0.4) is 0 Å². The number of aryl methyl sites for hydroxylation is 1. The number of carbonyl (C=O) groups is 2. The fourth-order valence-corrected chi connectivity index (χ4v) is 2.84. The molecule has 2 aromatic carbocycles. The number of benzene rings is 2. The number of aromatic nitrogens is 2. The van der Waals surface area contributed by atoms with Crippen molar-refractivity contribution in [3.8, 4) is 5.75 Å². The zero-order valence-electron chi connectivity index (χ0n) is 17.3. The Bertz CT molecular complexity index is 1080. The summed E-state index contributed by atoms with van der Waals surface area (Å²) < 4.78 is 7.26. The van der Waals surface area contributed by atoms with Gasteiger partial charge in [-0.25, -0.2) is 4.98 Å². The first kappa shape index (κ1) is 21.3. The third kappa shape index (κ3) is 4.77.